The molecule has 6 nitrogen and oxygen atoms in total. The van der Waals surface area contributed by atoms with E-state index in [0.717, 1.165) is 11.8 Å². The van der Waals surface area contributed by atoms with E-state index in [1.807, 2.05) is 24.3 Å². The highest BCUT2D eigenvalue weighted by Crippen LogP contribution is 2.12. The molecule has 0 aliphatic heterocycles. The molecule has 0 radical (unpaired) electrons. The van der Waals surface area contributed by atoms with E-state index in [4.69, 9.17) is 5.73 Å². The maximum absolute atomic E-state index is 11.6. The van der Waals surface area contributed by atoms with Gasteiger partial charge in [-0.05, 0) is 24.5 Å². The zero-order valence-corrected chi connectivity index (χ0v) is 13.6. The first-order chi connectivity index (χ1) is 9.38. The first-order valence-electron chi connectivity index (χ1n) is 6.43. The Kier molecular flexibility index (Phi) is 9.00. The molecule has 0 aliphatic carbocycles. The van der Waals surface area contributed by atoms with Gasteiger partial charge in [0, 0.05) is 25.2 Å². The number of carbonyl (C=O) groups excluding carboxylic acids is 1. The van der Waals surface area contributed by atoms with Gasteiger partial charge >= 0.3 is 0 Å². The lowest BCUT2D eigenvalue weighted by atomic mass is 10.1. The molecule has 1 amide bonds. The lowest BCUT2D eigenvalue weighted by Gasteiger charge is -2.07. The summed E-state index contributed by atoms with van der Waals surface area (Å²) in [6, 6.07) is 7.46. The van der Waals surface area contributed by atoms with Crippen LogP contribution in [0.15, 0.2) is 24.3 Å². The molecule has 0 spiro atoms. The Morgan fingerprint density at radius 1 is 1.24 bits per heavy atom. The number of nitrogens with two attached hydrogens (primary N) is 1. The van der Waals surface area contributed by atoms with Crippen LogP contribution in [0.2, 0.25) is 0 Å². The maximum Gasteiger partial charge on any atom is 0.220 e. The van der Waals surface area contributed by atoms with Gasteiger partial charge in [-0.3, -0.25) is 4.79 Å². The second-order valence-electron chi connectivity index (χ2n) is 4.57. The van der Waals surface area contributed by atoms with E-state index in [-0.39, 0.29) is 18.3 Å². The summed E-state index contributed by atoms with van der Waals surface area (Å²) < 4.78 is 24.0. The lowest BCUT2D eigenvalue weighted by Crippen LogP contribution is -2.29. The third kappa shape index (κ3) is 9.28. The van der Waals surface area contributed by atoms with Crippen molar-refractivity contribution in [1.29, 1.82) is 0 Å². The lowest BCUT2D eigenvalue weighted by molar-refractivity contribution is -0.121. The second-order valence-corrected chi connectivity index (χ2v) is 6.40. The molecule has 1 aromatic carbocycles. The van der Waals surface area contributed by atoms with Crippen molar-refractivity contribution in [1.82, 2.24) is 10.0 Å². The monoisotopic (exact) mass is 335 g/mol. The molecule has 1 rings (SSSR count). The third-order valence-corrected chi connectivity index (χ3v) is 3.44. The van der Waals surface area contributed by atoms with Gasteiger partial charge in [0.1, 0.15) is 0 Å². The Bertz CT molecular complexity index is 549. The van der Waals surface area contributed by atoms with Crippen LogP contribution in [0.4, 0.5) is 5.69 Å². The second kappa shape index (κ2) is 9.59. The number of anilines is 1. The van der Waals surface area contributed by atoms with E-state index < -0.39 is 10.0 Å². The number of para-hydroxylation sites is 1. The van der Waals surface area contributed by atoms with Crippen molar-refractivity contribution in [3.63, 3.8) is 0 Å². The molecule has 0 saturated heterocycles. The number of nitrogen functional groups attached to an aromatic ring is 1. The quantitative estimate of drug-likeness (QED) is 0.480. The average molecular weight is 336 g/mol. The molecular formula is C13H22ClN3O3S. The number of hydrogen-bond donors (Lipinski definition) is 3. The number of amides is 1. The minimum Gasteiger partial charge on any atom is -0.399 e. The van der Waals surface area contributed by atoms with Crippen LogP contribution in [0.3, 0.4) is 0 Å². The predicted octanol–water partition coefficient (Wildman–Crippen LogP) is 0.679. The summed E-state index contributed by atoms with van der Waals surface area (Å²) in [6.07, 6.45) is 2.63. The summed E-state index contributed by atoms with van der Waals surface area (Å²) in [6.45, 7) is 0.774. The molecule has 0 saturated carbocycles. The zero-order valence-electron chi connectivity index (χ0n) is 12.0. The number of hydrogen-bond acceptors (Lipinski definition) is 4. The summed E-state index contributed by atoms with van der Waals surface area (Å²) in [5.74, 6) is -0.0624. The molecule has 21 heavy (non-hydrogen) atoms. The first-order valence-corrected chi connectivity index (χ1v) is 8.32. The van der Waals surface area contributed by atoms with Crippen molar-refractivity contribution in [3.8, 4) is 0 Å². The molecule has 0 fully saturated rings. The van der Waals surface area contributed by atoms with Crippen molar-refractivity contribution in [3.05, 3.63) is 29.8 Å². The largest absolute Gasteiger partial charge is 0.399 e. The molecule has 0 heterocycles. The number of carbonyl (C=O) groups is 1. The minimum absolute atomic E-state index is 0. The Morgan fingerprint density at radius 2 is 1.90 bits per heavy atom. The van der Waals surface area contributed by atoms with Gasteiger partial charge in [0.2, 0.25) is 15.9 Å². The number of sulfonamides is 1. The normalized spacial score (nSPS) is 10.7. The van der Waals surface area contributed by atoms with Crippen LogP contribution < -0.4 is 15.8 Å². The van der Waals surface area contributed by atoms with Crippen LogP contribution in [0.1, 0.15) is 18.4 Å². The van der Waals surface area contributed by atoms with Crippen LogP contribution in [0.5, 0.6) is 0 Å². The molecule has 0 aromatic heterocycles. The summed E-state index contributed by atoms with van der Waals surface area (Å²) in [5.41, 5.74) is 7.44. The Morgan fingerprint density at radius 3 is 2.52 bits per heavy atom. The van der Waals surface area contributed by atoms with Crippen molar-refractivity contribution in [2.24, 2.45) is 0 Å². The van der Waals surface area contributed by atoms with Gasteiger partial charge in [0.05, 0.1) is 6.26 Å². The number of nitrogens with one attached hydrogen (secondary N) is 2. The van der Waals surface area contributed by atoms with E-state index in [1.54, 1.807) is 0 Å². The van der Waals surface area contributed by atoms with E-state index >= 15 is 0 Å². The van der Waals surface area contributed by atoms with E-state index in [9.17, 15) is 13.2 Å². The van der Waals surface area contributed by atoms with Crippen LogP contribution in [-0.2, 0) is 21.2 Å². The van der Waals surface area contributed by atoms with Crippen LogP contribution >= 0.6 is 12.4 Å². The minimum atomic E-state index is -3.15. The number of benzene rings is 1. The van der Waals surface area contributed by atoms with Gasteiger partial charge in [0.15, 0.2) is 0 Å². The van der Waals surface area contributed by atoms with Crippen molar-refractivity contribution >= 4 is 34.0 Å². The molecule has 0 bridgehead atoms. The first kappa shape index (κ1) is 19.7. The van der Waals surface area contributed by atoms with Gasteiger partial charge in [-0.1, -0.05) is 18.2 Å². The fourth-order valence-corrected chi connectivity index (χ4v) is 2.19. The van der Waals surface area contributed by atoms with E-state index in [0.29, 0.717) is 38.0 Å². The van der Waals surface area contributed by atoms with E-state index in [1.165, 1.54) is 0 Å². The molecule has 1 aromatic rings. The summed E-state index contributed by atoms with van der Waals surface area (Å²) in [7, 11) is -3.15. The fraction of sp³-hybridized carbons (Fsp3) is 0.462. The molecule has 0 atom stereocenters. The Hall–Kier alpha value is -1.31. The predicted molar refractivity (Wildman–Crippen MR) is 86.9 cm³/mol. The van der Waals surface area contributed by atoms with Crippen molar-refractivity contribution in [2.45, 2.75) is 19.3 Å². The summed E-state index contributed by atoms with van der Waals surface area (Å²) in [5, 5.41) is 2.74. The highest BCUT2D eigenvalue weighted by molar-refractivity contribution is 7.88. The average Bonchev–Trinajstić information content (AvgIpc) is 2.36. The summed E-state index contributed by atoms with van der Waals surface area (Å²) in [4.78, 5) is 11.6. The molecule has 120 valence electrons. The van der Waals surface area contributed by atoms with Crippen molar-refractivity contribution < 1.29 is 13.2 Å². The number of halogens is 1. The Labute approximate surface area is 132 Å². The highest BCUT2D eigenvalue weighted by atomic mass is 35.5. The molecule has 8 heteroatoms. The van der Waals surface area contributed by atoms with E-state index in [2.05, 4.69) is 10.0 Å². The van der Waals surface area contributed by atoms with Crippen LogP contribution in [0.25, 0.3) is 0 Å². The topological polar surface area (TPSA) is 101 Å². The number of aryl methyl sites for hydroxylation is 1. The molecule has 0 aliphatic rings. The molecule has 4 N–H and O–H groups in total. The standard InChI is InChI=1S/C13H21N3O3S.ClH/c1-20(18,19)16-10-4-9-15-13(17)8-7-11-5-2-3-6-12(11)14;/h2-3,5-6,16H,4,7-10,14H2,1H3,(H,15,17);1H. The number of rotatable bonds is 8. The maximum atomic E-state index is 11.6. The molecular weight excluding hydrogens is 314 g/mol. The van der Waals surface area contributed by atoms with Crippen LogP contribution in [0, 0.1) is 0 Å². The van der Waals surface area contributed by atoms with Crippen LogP contribution in [-0.4, -0.2) is 33.7 Å². The molecule has 0 unspecified atom stereocenters. The zero-order chi connectivity index (χ0) is 15.0. The van der Waals surface area contributed by atoms with Gasteiger partial charge < -0.3 is 11.1 Å². The fourth-order valence-electron chi connectivity index (χ4n) is 1.67. The smallest absolute Gasteiger partial charge is 0.220 e. The van der Waals surface area contributed by atoms with Gasteiger partial charge in [0.25, 0.3) is 0 Å². The van der Waals surface area contributed by atoms with Crippen molar-refractivity contribution in [2.75, 3.05) is 25.1 Å². The van der Waals surface area contributed by atoms with Gasteiger partial charge in [-0.15, -0.1) is 12.4 Å². The Balaban J connectivity index is 0.00000400. The third-order valence-electron chi connectivity index (χ3n) is 2.72. The SMILES string of the molecule is CS(=O)(=O)NCCCNC(=O)CCc1ccccc1N.Cl. The van der Waals surface area contributed by atoms with Gasteiger partial charge in [-0.25, -0.2) is 13.1 Å². The van der Waals surface area contributed by atoms with Gasteiger partial charge in [-0.2, -0.15) is 0 Å². The highest BCUT2D eigenvalue weighted by Gasteiger charge is 2.04. The summed E-state index contributed by atoms with van der Waals surface area (Å²) >= 11 is 0.